The average Bonchev–Trinajstić information content (AvgIpc) is 2.42. The first-order valence-corrected chi connectivity index (χ1v) is 5.36. The zero-order valence-electron chi connectivity index (χ0n) is 9.72. The molecule has 0 saturated heterocycles. The molecule has 0 aliphatic heterocycles. The van der Waals surface area contributed by atoms with Gasteiger partial charge < -0.3 is 10.2 Å². The number of carboxylic acid groups (broad SMARTS) is 1. The monoisotopic (exact) mass is 258 g/mol. The standard InChI is InChI=1S/C13H10N2O4/c16-11-6-2-1-5-10(11)15(13(18)19)12(17)9-4-3-7-14-8-9/h1-8,16H,(H,18,19). The van der Waals surface area contributed by atoms with E-state index in [1.807, 2.05) is 0 Å². The molecule has 6 heteroatoms. The van der Waals surface area contributed by atoms with Crippen LogP contribution in [0, 0.1) is 0 Å². The normalized spacial score (nSPS) is 9.89. The molecule has 0 radical (unpaired) electrons. The van der Waals surface area contributed by atoms with Crippen LogP contribution >= 0.6 is 0 Å². The Bertz CT molecular complexity index is 613. The zero-order valence-corrected chi connectivity index (χ0v) is 9.72. The Morgan fingerprint density at radius 3 is 2.42 bits per heavy atom. The van der Waals surface area contributed by atoms with Gasteiger partial charge in [-0.05, 0) is 24.3 Å². The number of anilines is 1. The number of aromatic hydroxyl groups is 1. The van der Waals surface area contributed by atoms with E-state index in [4.69, 9.17) is 5.11 Å². The summed E-state index contributed by atoms with van der Waals surface area (Å²) in [4.78, 5) is 27.6. The fraction of sp³-hybridized carbons (Fsp3) is 0. The maximum absolute atomic E-state index is 12.1. The number of carbonyl (C=O) groups excluding carboxylic acids is 1. The Labute approximate surface area is 108 Å². The lowest BCUT2D eigenvalue weighted by molar-refractivity contribution is 0.0982. The number of hydrogen-bond acceptors (Lipinski definition) is 4. The van der Waals surface area contributed by atoms with E-state index in [1.165, 1.54) is 48.8 Å². The number of pyridine rings is 1. The highest BCUT2D eigenvalue weighted by atomic mass is 16.4. The molecule has 1 aromatic carbocycles. The fourth-order valence-corrected chi connectivity index (χ4v) is 1.57. The molecule has 0 saturated carbocycles. The van der Waals surface area contributed by atoms with E-state index in [1.54, 1.807) is 0 Å². The summed E-state index contributed by atoms with van der Waals surface area (Å²) in [5, 5.41) is 18.8. The molecule has 1 heterocycles. The number of amides is 2. The minimum Gasteiger partial charge on any atom is -0.506 e. The molecule has 2 amide bonds. The number of nitrogens with zero attached hydrogens (tertiary/aromatic N) is 2. The Hall–Kier alpha value is -2.89. The molecule has 0 fully saturated rings. The highest BCUT2D eigenvalue weighted by Gasteiger charge is 2.26. The summed E-state index contributed by atoms with van der Waals surface area (Å²) in [6.07, 6.45) is 1.26. The van der Waals surface area contributed by atoms with Gasteiger partial charge in [0.25, 0.3) is 5.91 Å². The lowest BCUT2D eigenvalue weighted by Gasteiger charge is -2.18. The van der Waals surface area contributed by atoms with Crippen molar-refractivity contribution in [1.29, 1.82) is 0 Å². The highest BCUT2D eigenvalue weighted by molar-refractivity contribution is 6.19. The third-order valence-corrected chi connectivity index (χ3v) is 2.43. The molecule has 6 nitrogen and oxygen atoms in total. The van der Waals surface area contributed by atoms with Gasteiger partial charge in [0.2, 0.25) is 0 Å². The average molecular weight is 258 g/mol. The van der Waals surface area contributed by atoms with Crippen LogP contribution in [0.1, 0.15) is 10.4 Å². The second-order valence-corrected chi connectivity index (χ2v) is 3.65. The smallest absolute Gasteiger partial charge is 0.419 e. The fourth-order valence-electron chi connectivity index (χ4n) is 1.57. The van der Waals surface area contributed by atoms with Gasteiger partial charge in [0.1, 0.15) is 5.75 Å². The maximum atomic E-state index is 12.1. The first-order valence-electron chi connectivity index (χ1n) is 5.36. The topological polar surface area (TPSA) is 90.7 Å². The predicted molar refractivity (Wildman–Crippen MR) is 67.2 cm³/mol. The van der Waals surface area contributed by atoms with Gasteiger partial charge in [-0.1, -0.05) is 12.1 Å². The third kappa shape index (κ3) is 2.52. The number of carbonyl (C=O) groups is 2. The van der Waals surface area contributed by atoms with Gasteiger partial charge >= 0.3 is 6.09 Å². The van der Waals surface area contributed by atoms with Crippen molar-refractivity contribution in [3.63, 3.8) is 0 Å². The minimum atomic E-state index is -1.48. The third-order valence-electron chi connectivity index (χ3n) is 2.43. The lowest BCUT2D eigenvalue weighted by Crippen LogP contribution is -2.35. The van der Waals surface area contributed by atoms with Crippen LogP contribution in [0.25, 0.3) is 0 Å². The summed E-state index contributed by atoms with van der Waals surface area (Å²) in [6, 6.07) is 8.69. The van der Waals surface area contributed by atoms with Crippen molar-refractivity contribution in [1.82, 2.24) is 4.98 Å². The molecule has 19 heavy (non-hydrogen) atoms. The molecule has 2 aromatic rings. The number of phenolic OH excluding ortho intramolecular Hbond substituents is 1. The summed E-state index contributed by atoms with van der Waals surface area (Å²) in [5.41, 5.74) is 0.0250. The van der Waals surface area contributed by atoms with Crippen LogP contribution < -0.4 is 4.90 Å². The molecule has 0 unspecified atom stereocenters. The van der Waals surface area contributed by atoms with Gasteiger partial charge in [0.05, 0.1) is 11.3 Å². The largest absolute Gasteiger partial charge is 0.506 e. The molecule has 0 aliphatic carbocycles. The summed E-state index contributed by atoms with van der Waals surface area (Å²) in [7, 11) is 0. The van der Waals surface area contributed by atoms with Gasteiger partial charge in [-0.2, -0.15) is 0 Å². The highest BCUT2D eigenvalue weighted by Crippen LogP contribution is 2.27. The second-order valence-electron chi connectivity index (χ2n) is 3.65. The summed E-state index contributed by atoms with van der Waals surface area (Å²) >= 11 is 0. The van der Waals surface area contributed by atoms with Gasteiger partial charge in [-0.25, -0.2) is 9.69 Å². The van der Waals surface area contributed by atoms with E-state index in [9.17, 15) is 14.7 Å². The van der Waals surface area contributed by atoms with E-state index < -0.39 is 12.0 Å². The van der Waals surface area contributed by atoms with Crippen LogP contribution in [0.2, 0.25) is 0 Å². The number of benzene rings is 1. The quantitative estimate of drug-likeness (QED) is 0.860. The Balaban J connectivity index is 2.45. The van der Waals surface area contributed by atoms with Crippen LogP contribution in [-0.2, 0) is 0 Å². The lowest BCUT2D eigenvalue weighted by atomic mass is 10.2. The SMILES string of the molecule is O=C(O)N(C(=O)c1cccnc1)c1ccccc1O. The number of hydrogen-bond donors (Lipinski definition) is 2. The summed E-state index contributed by atoms with van der Waals surface area (Å²) in [5.74, 6) is -1.07. The van der Waals surface area contributed by atoms with Gasteiger partial charge in [0.15, 0.2) is 0 Å². The van der Waals surface area contributed by atoms with Gasteiger partial charge in [-0.15, -0.1) is 0 Å². The van der Waals surface area contributed by atoms with Crippen molar-refractivity contribution < 1.29 is 19.8 Å². The molecule has 2 rings (SSSR count). The molecular weight excluding hydrogens is 248 g/mol. The van der Waals surface area contributed by atoms with Crippen molar-refractivity contribution in [2.75, 3.05) is 4.90 Å². The Morgan fingerprint density at radius 2 is 1.84 bits per heavy atom. The van der Waals surface area contributed by atoms with Crippen molar-refractivity contribution in [3.8, 4) is 5.75 Å². The zero-order chi connectivity index (χ0) is 13.8. The number of imide groups is 1. The number of aromatic nitrogens is 1. The molecular formula is C13H10N2O4. The number of para-hydroxylation sites is 2. The first-order chi connectivity index (χ1) is 9.11. The van der Waals surface area contributed by atoms with E-state index in [0.29, 0.717) is 4.90 Å². The van der Waals surface area contributed by atoms with Crippen LogP contribution in [0.3, 0.4) is 0 Å². The molecule has 0 aliphatic rings. The van der Waals surface area contributed by atoms with Crippen LogP contribution in [0.15, 0.2) is 48.8 Å². The van der Waals surface area contributed by atoms with Crippen molar-refractivity contribution in [2.24, 2.45) is 0 Å². The van der Waals surface area contributed by atoms with E-state index in [0.717, 1.165) is 0 Å². The number of phenols is 1. The van der Waals surface area contributed by atoms with E-state index in [2.05, 4.69) is 4.98 Å². The second kappa shape index (κ2) is 5.18. The summed E-state index contributed by atoms with van der Waals surface area (Å²) < 4.78 is 0. The van der Waals surface area contributed by atoms with Crippen LogP contribution in [-0.4, -0.2) is 27.2 Å². The van der Waals surface area contributed by atoms with Crippen molar-refractivity contribution >= 4 is 17.7 Å². The Morgan fingerprint density at radius 1 is 1.11 bits per heavy atom. The molecule has 2 N–H and O–H groups in total. The molecule has 96 valence electrons. The molecule has 0 spiro atoms. The van der Waals surface area contributed by atoms with Gasteiger partial charge in [0, 0.05) is 12.4 Å². The predicted octanol–water partition coefficient (Wildman–Crippen LogP) is 2.11. The van der Waals surface area contributed by atoms with Gasteiger partial charge in [-0.3, -0.25) is 9.78 Å². The minimum absolute atomic E-state index is 0.0937. The van der Waals surface area contributed by atoms with E-state index in [-0.39, 0.29) is 17.0 Å². The summed E-state index contributed by atoms with van der Waals surface area (Å²) in [6.45, 7) is 0. The first kappa shape index (κ1) is 12.6. The number of rotatable bonds is 2. The van der Waals surface area contributed by atoms with Crippen molar-refractivity contribution in [2.45, 2.75) is 0 Å². The Kier molecular flexibility index (Phi) is 3.42. The van der Waals surface area contributed by atoms with Crippen LogP contribution in [0.4, 0.5) is 10.5 Å². The molecule has 1 aromatic heterocycles. The molecule has 0 bridgehead atoms. The van der Waals surface area contributed by atoms with E-state index >= 15 is 0 Å². The van der Waals surface area contributed by atoms with Crippen LogP contribution in [0.5, 0.6) is 5.75 Å². The van der Waals surface area contributed by atoms with Crippen molar-refractivity contribution in [3.05, 3.63) is 54.4 Å². The molecule has 0 atom stereocenters. The maximum Gasteiger partial charge on any atom is 0.419 e.